The summed E-state index contributed by atoms with van der Waals surface area (Å²) in [7, 11) is 1.01. The van der Waals surface area contributed by atoms with Gasteiger partial charge in [-0.05, 0) is 19.9 Å². The quantitative estimate of drug-likeness (QED) is 0.617. The van der Waals surface area contributed by atoms with Crippen LogP contribution in [0.25, 0.3) is 0 Å². The van der Waals surface area contributed by atoms with Crippen LogP contribution in [0, 0.1) is 0 Å². The molecule has 1 heterocycles. The second-order valence-corrected chi connectivity index (χ2v) is 6.56. The van der Waals surface area contributed by atoms with Gasteiger partial charge in [-0.1, -0.05) is 0 Å². The maximum atomic E-state index is 12.4. The van der Waals surface area contributed by atoms with Crippen LogP contribution < -0.4 is 0 Å². The van der Waals surface area contributed by atoms with Crippen LogP contribution in [0.3, 0.4) is 0 Å². The summed E-state index contributed by atoms with van der Waals surface area (Å²) in [6.07, 6.45) is -2.33. The molecule has 0 amide bonds. The van der Waals surface area contributed by atoms with Crippen LogP contribution in [0.5, 0.6) is 0 Å². The molecule has 0 aliphatic rings. The monoisotopic (exact) mass is 315 g/mol. The third kappa shape index (κ3) is 4.46. The van der Waals surface area contributed by atoms with Gasteiger partial charge in [0.15, 0.2) is 0 Å². The lowest BCUT2D eigenvalue weighted by Gasteiger charge is -2.10. The van der Waals surface area contributed by atoms with Gasteiger partial charge in [-0.2, -0.15) is 0 Å². The summed E-state index contributed by atoms with van der Waals surface area (Å²) in [6, 6.07) is 0.912. The Morgan fingerprint density at radius 2 is 2.05 bits per heavy atom. The standard InChI is InChI=1S/C10H12ClF2NO4S/c1-6(2)18-10(15)8-3-7(19(11,16)17)4-14(8)5-9(12)13/h3-4,6,9H,5H2,1-2H3. The molecule has 0 aromatic carbocycles. The first-order valence-corrected chi connectivity index (χ1v) is 7.56. The first-order valence-electron chi connectivity index (χ1n) is 5.25. The van der Waals surface area contributed by atoms with Crippen molar-refractivity contribution in [1.82, 2.24) is 4.57 Å². The Hall–Kier alpha value is -1.15. The van der Waals surface area contributed by atoms with Crippen LogP contribution in [0.2, 0.25) is 0 Å². The Kier molecular flexibility index (Phi) is 4.92. The number of hydrogen-bond acceptors (Lipinski definition) is 4. The van der Waals surface area contributed by atoms with Crippen LogP contribution in [0.15, 0.2) is 17.2 Å². The molecule has 0 aliphatic carbocycles. The molecule has 108 valence electrons. The van der Waals surface area contributed by atoms with E-state index in [4.69, 9.17) is 15.4 Å². The number of aromatic nitrogens is 1. The van der Waals surface area contributed by atoms with Gasteiger partial charge in [0.1, 0.15) is 10.6 Å². The molecule has 0 fully saturated rings. The predicted molar refractivity (Wildman–Crippen MR) is 64.0 cm³/mol. The minimum absolute atomic E-state index is 0.284. The van der Waals surface area contributed by atoms with Gasteiger partial charge in [0.05, 0.1) is 12.6 Å². The number of hydrogen-bond donors (Lipinski definition) is 0. The third-order valence-corrected chi connectivity index (χ3v) is 3.36. The van der Waals surface area contributed by atoms with E-state index in [1.165, 1.54) is 0 Å². The van der Waals surface area contributed by atoms with Gasteiger partial charge < -0.3 is 9.30 Å². The van der Waals surface area contributed by atoms with Gasteiger partial charge in [-0.3, -0.25) is 0 Å². The van der Waals surface area contributed by atoms with Gasteiger partial charge in [-0.25, -0.2) is 22.0 Å². The lowest BCUT2D eigenvalue weighted by molar-refractivity contribution is 0.0359. The van der Waals surface area contributed by atoms with Gasteiger partial charge in [0, 0.05) is 16.9 Å². The fraction of sp³-hybridized carbons (Fsp3) is 0.500. The van der Waals surface area contributed by atoms with E-state index in [2.05, 4.69) is 0 Å². The van der Waals surface area contributed by atoms with Crippen molar-refractivity contribution >= 4 is 25.7 Å². The highest BCUT2D eigenvalue weighted by molar-refractivity contribution is 8.13. The lowest BCUT2D eigenvalue weighted by Crippen LogP contribution is -2.17. The molecule has 0 radical (unpaired) electrons. The van der Waals surface area contributed by atoms with Crippen molar-refractivity contribution in [1.29, 1.82) is 0 Å². The fourth-order valence-corrected chi connectivity index (χ4v) is 2.12. The van der Waals surface area contributed by atoms with Crippen molar-refractivity contribution in [3.05, 3.63) is 18.0 Å². The second-order valence-electron chi connectivity index (χ2n) is 4.00. The van der Waals surface area contributed by atoms with E-state index >= 15 is 0 Å². The Bertz CT molecular complexity index is 568. The van der Waals surface area contributed by atoms with Crippen molar-refractivity contribution in [3.63, 3.8) is 0 Å². The van der Waals surface area contributed by atoms with E-state index in [0.717, 1.165) is 16.8 Å². The molecule has 9 heteroatoms. The van der Waals surface area contributed by atoms with E-state index in [9.17, 15) is 22.0 Å². The summed E-state index contributed by atoms with van der Waals surface area (Å²) in [5.74, 6) is -0.887. The summed E-state index contributed by atoms with van der Waals surface area (Å²) in [4.78, 5) is 11.2. The molecule has 0 saturated carbocycles. The Labute approximate surface area is 113 Å². The third-order valence-electron chi connectivity index (χ3n) is 2.04. The molecule has 0 N–H and O–H groups in total. The van der Waals surface area contributed by atoms with E-state index < -0.39 is 39.0 Å². The number of nitrogens with zero attached hydrogens (tertiary/aromatic N) is 1. The van der Waals surface area contributed by atoms with Crippen LogP contribution in [0.4, 0.5) is 8.78 Å². The summed E-state index contributed by atoms with van der Waals surface area (Å²) < 4.78 is 52.7. The molecule has 1 rings (SSSR count). The minimum Gasteiger partial charge on any atom is -0.458 e. The smallest absolute Gasteiger partial charge is 0.355 e. The van der Waals surface area contributed by atoms with Crippen molar-refractivity contribution in [2.75, 3.05) is 0 Å². The minimum atomic E-state index is -4.10. The Morgan fingerprint density at radius 1 is 1.47 bits per heavy atom. The first kappa shape index (κ1) is 15.9. The van der Waals surface area contributed by atoms with Gasteiger partial charge in [-0.15, -0.1) is 0 Å². The number of halogens is 3. The van der Waals surface area contributed by atoms with Crippen molar-refractivity contribution in [3.8, 4) is 0 Å². The number of esters is 1. The number of carbonyl (C=O) groups excluding carboxylic acids is 1. The zero-order valence-electron chi connectivity index (χ0n) is 10.1. The average Bonchev–Trinajstić information content (AvgIpc) is 2.58. The molecule has 19 heavy (non-hydrogen) atoms. The predicted octanol–water partition coefficient (Wildman–Crippen LogP) is 2.25. The van der Waals surface area contributed by atoms with Crippen LogP contribution in [0.1, 0.15) is 24.3 Å². The molecule has 0 bridgehead atoms. The van der Waals surface area contributed by atoms with E-state index in [-0.39, 0.29) is 5.69 Å². The average molecular weight is 316 g/mol. The van der Waals surface area contributed by atoms with E-state index in [1.807, 2.05) is 0 Å². The summed E-state index contributed by atoms with van der Waals surface area (Å²) in [6.45, 7) is 2.34. The molecule has 0 spiro atoms. The summed E-state index contributed by atoms with van der Waals surface area (Å²) in [5, 5.41) is 0. The number of ether oxygens (including phenoxy) is 1. The Balaban J connectivity index is 3.20. The SMILES string of the molecule is CC(C)OC(=O)c1cc(S(=O)(=O)Cl)cn1CC(F)F. The number of carbonyl (C=O) groups is 1. The van der Waals surface area contributed by atoms with Crippen LogP contribution in [-0.2, 0) is 20.3 Å². The molecule has 0 unspecified atom stereocenters. The molecule has 0 aliphatic heterocycles. The highest BCUT2D eigenvalue weighted by Crippen LogP contribution is 2.20. The van der Waals surface area contributed by atoms with Gasteiger partial charge >= 0.3 is 5.97 Å². The zero-order chi connectivity index (χ0) is 14.8. The fourth-order valence-electron chi connectivity index (χ4n) is 1.36. The summed E-state index contributed by atoms with van der Waals surface area (Å²) in [5.41, 5.74) is -0.284. The lowest BCUT2D eigenvalue weighted by atomic mass is 10.4. The van der Waals surface area contributed by atoms with Gasteiger partial charge in [0.2, 0.25) is 0 Å². The highest BCUT2D eigenvalue weighted by atomic mass is 35.7. The van der Waals surface area contributed by atoms with E-state index in [1.54, 1.807) is 13.8 Å². The number of rotatable bonds is 5. The second kappa shape index (κ2) is 5.87. The molecular weight excluding hydrogens is 304 g/mol. The largest absolute Gasteiger partial charge is 0.458 e. The Morgan fingerprint density at radius 3 is 2.47 bits per heavy atom. The molecule has 1 aromatic rings. The molecule has 1 aromatic heterocycles. The molecule has 5 nitrogen and oxygen atoms in total. The highest BCUT2D eigenvalue weighted by Gasteiger charge is 2.23. The maximum Gasteiger partial charge on any atom is 0.355 e. The molecule has 0 saturated heterocycles. The number of alkyl halides is 2. The zero-order valence-corrected chi connectivity index (χ0v) is 11.7. The first-order chi connectivity index (χ1) is 8.61. The van der Waals surface area contributed by atoms with Crippen LogP contribution >= 0.6 is 10.7 Å². The normalized spacial score (nSPS) is 12.2. The van der Waals surface area contributed by atoms with Crippen molar-refractivity contribution in [2.24, 2.45) is 0 Å². The van der Waals surface area contributed by atoms with Crippen molar-refractivity contribution in [2.45, 2.75) is 37.8 Å². The van der Waals surface area contributed by atoms with E-state index in [0.29, 0.717) is 0 Å². The maximum absolute atomic E-state index is 12.4. The summed E-state index contributed by atoms with van der Waals surface area (Å²) >= 11 is 0. The van der Waals surface area contributed by atoms with Crippen LogP contribution in [-0.4, -0.2) is 31.5 Å². The van der Waals surface area contributed by atoms with Crippen molar-refractivity contribution < 1.29 is 26.7 Å². The molecular formula is C10H12ClF2NO4S. The van der Waals surface area contributed by atoms with Gasteiger partial charge in [0.25, 0.3) is 15.5 Å². The topological polar surface area (TPSA) is 65.4 Å². The molecule has 0 atom stereocenters.